The van der Waals surface area contributed by atoms with Crippen molar-refractivity contribution in [3.05, 3.63) is 48.5 Å². The van der Waals surface area contributed by atoms with Crippen molar-refractivity contribution in [1.29, 1.82) is 0 Å². The van der Waals surface area contributed by atoms with Crippen molar-refractivity contribution in [3.8, 4) is 5.75 Å². The van der Waals surface area contributed by atoms with E-state index in [-0.39, 0.29) is 23.3 Å². The van der Waals surface area contributed by atoms with E-state index in [1.165, 1.54) is 38.4 Å². The van der Waals surface area contributed by atoms with Crippen LogP contribution in [0.4, 0.5) is 11.4 Å². The van der Waals surface area contributed by atoms with Crippen molar-refractivity contribution in [2.24, 2.45) is 5.92 Å². The molecule has 0 saturated heterocycles. The lowest BCUT2D eigenvalue weighted by Crippen LogP contribution is -2.25. The smallest absolute Gasteiger partial charge is 0.264 e. The van der Waals surface area contributed by atoms with Gasteiger partial charge in [0, 0.05) is 30.4 Å². The highest BCUT2D eigenvalue weighted by Crippen LogP contribution is 2.30. The first-order chi connectivity index (χ1) is 14.3. The minimum atomic E-state index is -3.75. The van der Waals surface area contributed by atoms with Crippen LogP contribution in [0.2, 0.25) is 0 Å². The van der Waals surface area contributed by atoms with Crippen molar-refractivity contribution >= 4 is 33.2 Å². The first kappa shape index (κ1) is 21.8. The van der Waals surface area contributed by atoms with Crippen LogP contribution in [-0.2, 0) is 24.4 Å². The minimum absolute atomic E-state index is 0.00736. The molecule has 10 heteroatoms. The van der Waals surface area contributed by atoms with Crippen LogP contribution in [0.15, 0.2) is 53.4 Å². The second-order valence-electron chi connectivity index (χ2n) is 6.75. The van der Waals surface area contributed by atoms with Crippen molar-refractivity contribution in [2.45, 2.75) is 17.7 Å². The average Bonchev–Trinajstić information content (AvgIpc) is 3.58. The Morgan fingerprint density at radius 1 is 1.07 bits per heavy atom. The van der Waals surface area contributed by atoms with Gasteiger partial charge in [0.05, 0.1) is 12.0 Å². The van der Waals surface area contributed by atoms with E-state index in [0.717, 1.165) is 17.3 Å². The van der Waals surface area contributed by atoms with Gasteiger partial charge in [0.25, 0.3) is 15.9 Å². The minimum Gasteiger partial charge on any atom is -0.484 e. The van der Waals surface area contributed by atoms with Gasteiger partial charge in [-0.1, -0.05) is 10.5 Å². The maximum atomic E-state index is 12.2. The van der Waals surface area contributed by atoms with Gasteiger partial charge in [0.15, 0.2) is 6.61 Å². The van der Waals surface area contributed by atoms with E-state index in [9.17, 15) is 18.0 Å². The molecule has 2 amide bonds. The Morgan fingerprint density at radius 2 is 1.77 bits per heavy atom. The van der Waals surface area contributed by atoms with Crippen LogP contribution >= 0.6 is 0 Å². The number of carbonyl (C=O) groups excluding carboxylic acids is 2. The first-order valence-corrected chi connectivity index (χ1v) is 10.7. The lowest BCUT2D eigenvalue weighted by Gasteiger charge is -2.14. The summed E-state index contributed by atoms with van der Waals surface area (Å²) >= 11 is 0. The van der Waals surface area contributed by atoms with Crippen molar-refractivity contribution < 1.29 is 27.6 Å². The number of nitrogens with one attached hydrogen (secondary N) is 2. The Labute approximate surface area is 175 Å². The standard InChI is InChI=1S/C20H23N3O6S/c1-23(28-2)30(26,27)18-10-8-15(9-11-18)21-19(24)13-29-17-5-3-4-16(12-17)22-20(25)14-6-7-14/h3-5,8-12,14H,6-7,13H2,1-2H3,(H,21,24)(H,22,25). The lowest BCUT2D eigenvalue weighted by molar-refractivity contribution is -0.118. The molecule has 2 aromatic carbocycles. The van der Waals surface area contributed by atoms with Gasteiger partial charge >= 0.3 is 0 Å². The Morgan fingerprint density at radius 3 is 2.40 bits per heavy atom. The average molecular weight is 433 g/mol. The Bertz CT molecular complexity index is 1020. The summed E-state index contributed by atoms with van der Waals surface area (Å²) in [4.78, 5) is 28.7. The third kappa shape index (κ3) is 5.56. The summed E-state index contributed by atoms with van der Waals surface area (Å²) in [6, 6.07) is 12.5. The number of hydrogen-bond donors (Lipinski definition) is 2. The van der Waals surface area contributed by atoms with Crippen LogP contribution in [0.1, 0.15) is 12.8 Å². The number of anilines is 2. The van der Waals surface area contributed by atoms with Crippen molar-refractivity contribution in [3.63, 3.8) is 0 Å². The summed E-state index contributed by atoms with van der Waals surface area (Å²) in [5.74, 6) is 0.124. The fourth-order valence-corrected chi connectivity index (χ4v) is 3.53. The van der Waals surface area contributed by atoms with Gasteiger partial charge in [0.1, 0.15) is 5.75 Å². The molecule has 0 heterocycles. The van der Waals surface area contributed by atoms with E-state index in [1.54, 1.807) is 24.3 Å². The maximum Gasteiger partial charge on any atom is 0.264 e. The predicted molar refractivity (Wildman–Crippen MR) is 110 cm³/mol. The Hall–Kier alpha value is -2.95. The highest BCUT2D eigenvalue weighted by atomic mass is 32.2. The normalized spacial score (nSPS) is 13.7. The lowest BCUT2D eigenvalue weighted by atomic mass is 10.3. The van der Waals surface area contributed by atoms with Gasteiger partial charge in [-0.2, -0.15) is 0 Å². The Balaban J connectivity index is 1.53. The second-order valence-corrected chi connectivity index (χ2v) is 8.69. The van der Waals surface area contributed by atoms with Crippen LogP contribution in [0.3, 0.4) is 0 Å². The van der Waals surface area contributed by atoms with E-state index in [1.807, 2.05) is 0 Å². The van der Waals surface area contributed by atoms with E-state index < -0.39 is 15.9 Å². The molecule has 0 atom stereocenters. The summed E-state index contributed by atoms with van der Waals surface area (Å²) in [5.41, 5.74) is 1.04. The zero-order valence-electron chi connectivity index (χ0n) is 16.6. The largest absolute Gasteiger partial charge is 0.484 e. The molecular weight excluding hydrogens is 410 g/mol. The summed E-state index contributed by atoms with van der Waals surface area (Å²) in [7, 11) is -1.21. The fourth-order valence-electron chi connectivity index (χ4n) is 2.56. The molecule has 2 aromatic rings. The number of rotatable bonds is 9. The molecule has 30 heavy (non-hydrogen) atoms. The van der Waals surface area contributed by atoms with Gasteiger partial charge < -0.3 is 15.4 Å². The molecule has 2 N–H and O–H groups in total. The fraction of sp³-hybridized carbons (Fsp3) is 0.300. The van der Waals surface area contributed by atoms with Gasteiger partial charge in [-0.15, -0.1) is 0 Å². The number of hydrogen-bond acceptors (Lipinski definition) is 6. The molecule has 0 aromatic heterocycles. The second kappa shape index (κ2) is 9.24. The molecule has 1 aliphatic rings. The first-order valence-electron chi connectivity index (χ1n) is 9.26. The molecule has 1 fully saturated rings. The third-order valence-corrected chi connectivity index (χ3v) is 6.15. The van der Waals surface area contributed by atoms with Gasteiger partial charge in [-0.05, 0) is 49.2 Å². The summed E-state index contributed by atoms with van der Waals surface area (Å²) < 4.78 is 30.5. The molecule has 0 radical (unpaired) electrons. The van der Waals surface area contributed by atoms with Gasteiger partial charge in [-0.3, -0.25) is 14.4 Å². The van der Waals surface area contributed by atoms with Crippen LogP contribution in [-0.4, -0.2) is 45.5 Å². The number of hydroxylamine groups is 1. The topological polar surface area (TPSA) is 114 Å². The number of sulfonamides is 1. The maximum absolute atomic E-state index is 12.2. The molecular formula is C20H23N3O6S. The highest BCUT2D eigenvalue weighted by Gasteiger charge is 2.29. The molecule has 0 spiro atoms. The zero-order chi connectivity index (χ0) is 21.7. The zero-order valence-corrected chi connectivity index (χ0v) is 17.4. The van der Waals surface area contributed by atoms with E-state index >= 15 is 0 Å². The molecule has 0 aliphatic heterocycles. The SMILES string of the molecule is CON(C)S(=O)(=O)c1ccc(NC(=O)COc2cccc(NC(=O)C3CC3)c2)cc1. The molecule has 0 bridgehead atoms. The Kier molecular flexibility index (Phi) is 6.70. The highest BCUT2D eigenvalue weighted by molar-refractivity contribution is 7.89. The van der Waals surface area contributed by atoms with E-state index in [4.69, 9.17) is 9.57 Å². The van der Waals surface area contributed by atoms with Gasteiger partial charge in [0.2, 0.25) is 5.91 Å². The van der Waals surface area contributed by atoms with Crippen LogP contribution in [0, 0.1) is 5.92 Å². The van der Waals surface area contributed by atoms with E-state index in [0.29, 0.717) is 17.1 Å². The van der Waals surface area contributed by atoms with Crippen LogP contribution in [0.5, 0.6) is 5.75 Å². The third-order valence-electron chi connectivity index (χ3n) is 4.45. The van der Waals surface area contributed by atoms with E-state index in [2.05, 4.69) is 10.6 Å². The number of nitrogens with zero attached hydrogens (tertiary/aromatic N) is 1. The molecule has 9 nitrogen and oxygen atoms in total. The van der Waals surface area contributed by atoms with Crippen molar-refractivity contribution in [1.82, 2.24) is 4.47 Å². The monoisotopic (exact) mass is 433 g/mol. The number of ether oxygens (including phenoxy) is 1. The molecule has 160 valence electrons. The summed E-state index contributed by atoms with van der Waals surface area (Å²) in [6.45, 7) is -0.244. The molecule has 1 aliphatic carbocycles. The molecule has 0 unspecified atom stereocenters. The molecule has 1 saturated carbocycles. The van der Waals surface area contributed by atoms with Crippen LogP contribution in [0.25, 0.3) is 0 Å². The van der Waals surface area contributed by atoms with Gasteiger partial charge in [-0.25, -0.2) is 8.42 Å². The summed E-state index contributed by atoms with van der Waals surface area (Å²) in [5, 5.41) is 5.45. The number of amides is 2. The molecule has 3 rings (SSSR count). The quantitative estimate of drug-likeness (QED) is 0.586. The predicted octanol–water partition coefficient (Wildman–Crippen LogP) is 2.23. The number of carbonyl (C=O) groups is 2. The summed E-state index contributed by atoms with van der Waals surface area (Å²) in [6.07, 6.45) is 1.83. The van der Waals surface area contributed by atoms with Crippen LogP contribution < -0.4 is 15.4 Å². The number of benzene rings is 2. The van der Waals surface area contributed by atoms with Crippen molar-refractivity contribution in [2.75, 3.05) is 31.4 Å².